The van der Waals surface area contributed by atoms with E-state index in [4.69, 9.17) is 28.4 Å². The predicted octanol–water partition coefficient (Wildman–Crippen LogP) is 0.0996. The van der Waals surface area contributed by atoms with Crippen molar-refractivity contribution in [3.63, 3.8) is 0 Å². The van der Waals surface area contributed by atoms with Crippen LogP contribution in [0.5, 0.6) is 0 Å². The van der Waals surface area contributed by atoms with Crippen molar-refractivity contribution >= 4 is 0 Å². The van der Waals surface area contributed by atoms with E-state index in [-0.39, 0.29) is 5.41 Å². The molecule has 0 aromatic heterocycles. The summed E-state index contributed by atoms with van der Waals surface area (Å²) >= 11 is 0. The highest BCUT2D eigenvalue weighted by atomic mass is 16.6. The van der Waals surface area contributed by atoms with Crippen LogP contribution in [-0.2, 0) is 28.4 Å². The van der Waals surface area contributed by atoms with E-state index in [0.717, 1.165) is 0 Å². The Kier molecular flexibility index (Phi) is 7.05. The van der Waals surface area contributed by atoms with Crippen LogP contribution in [0.25, 0.3) is 0 Å². The Morgan fingerprint density at radius 2 is 0.684 bits per heavy atom. The third-order valence-corrected chi connectivity index (χ3v) is 3.12. The number of hydrogen-bond acceptors (Lipinski definition) is 6. The highest BCUT2D eigenvalue weighted by Gasteiger charge is 2.39. The molecule has 112 valence electrons. The van der Waals surface area contributed by atoms with Gasteiger partial charge in [0.2, 0.25) is 0 Å². The van der Waals surface area contributed by atoms with Gasteiger partial charge in [0.25, 0.3) is 0 Å². The fraction of sp³-hybridized carbons (Fsp3) is 1.00. The van der Waals surface area contributed by atoms with Gasteiger partial charge in [0.15, 0.2) is 0 Å². The highest BCUT2D eigenvalue weighted by Crippen LogP contribution is 2.28. The molecule has 0 aromatic carbocycles. The quantitative estimate of drug-likeness (QED) is 0.625. The summed E-state index contributed by atoms with van der Waals surface area (Å²) in [7, 11) is 0. The van der Waals surface area contributed by atoms with Crippen molar-refractivity contribution in [3.8, 4) is 0 Å². The van der Waals surface area contributed by atoms with Crippen molar-refractivity contribution in [2.45, 2.75) is 0 Å². The minimum Gasteiger partial charge on any atom is -0.380 e. The second-order valence-corrected chi connectivity index (χ2v) is 4.94. The van der Waals surface area contributed by atoms with Crippen molar-refractivity contribution in [2.75, 3.05) is 79.3 Å². The van der Waals surface area contributed by atoms with E-state index in [1.54, 1.807) is 0 Å². The van der Waals surface area contributed by atoms with Gasteiger partial charge < -0.3 is 28.4 Å². The van der Waals surface area contributed by atoms with Gasteiger partial charge in [0.05, 0.1) is 84.7 Å². The minimum absolute atomic E-state index is 0.0280. The largest absolute Gasteiger partial charge is 0.380 e. The first-order valence-corrected chi connectivity index (χ1v) is 6.88. The SMILES string of the molecule is C1COCCOCC2(COCCOCCO1)COC2. The molecule has 2 heterocycles. The summed E-state index contributed by atoms with van der Waals surface area (Å²) in [5.41, 5.74) is 0.0280. The van der Waals surface area contributed by atoms with E-state index in [0.29, 0.717) is 79.3 Å². The minimum atomic E-state index is 0.0280. The molecule has 2 fully saturated rings. The monoisotopic (exact) mass is 276 g/mol. The summed E-state index contributed by atoms with van der Waals surface area (Å²) in [5.74, 6) is 0. The van der Waals surface area contributed by atoms with Gasteiger partial charge in [0, 0.05) is 0 Å². The smallest absolute Gasteiger partial charge is 0.0701 e. The Bertz CT molecular complexity index is 213. The third-order valence-electron chi connectivity index (χ3n) is 3.12. The number of ether oxygens (including phenoxy) is 6. The first kappa shape index (κ1) is 15.2. The molecule has 0 unspecified atom stereocenters. The van der Waals surface area contributed by atoms with Crippen LogP contribution in [0.15, 0.2) is 0 Å². The molecule has 0 bridgehead atoms. The lowest BCUT2D eigenvalue weighted by Crippen LogP contribution is -2.50. The van der Waals surface area contributed by atoms with E-state index in [2.05, 4.69) is 0 Å². The van der Waals surface area contributed by atoms with Crippen LogP contribution >= 0.6 is 0 Å². The van der Waals surface area contributed by atoms with Crippen molar-refractivity contribution in [1.29, 1.82) is 0 Å². The Labute approximate surface area is 114 Å². The van der Waals surface area contributed by atoms with Crippen LogP contribution in [0, 0.1) is 5.41 Å². The molecule has 0 atom stereocenters. The van der Waals surface area contributed by atoms with Crippen LogP contribution in [0.2, 0.25) is 0 Å². The van der Waals surface area contributed by atoms with E-state index in [9.17, 15) is 0 Å². The number of hydrogen-bond donors (Lipinski definition) is 0. The maximum atomic E-state index is 5.64. The van der Waals surface area contributed by atoms with Crippen molar-refractivity contribution in [3.05, 3.63) is 0 Å². The molecular formula is C13H24O6. The van der Waals surface area contributed by atoms with Gasteiger partial charge in [-0.25, -0.2) is 0 Å². The molecular weight excluding hydrogens is 252 g/mol. The summed E-state index contributed by atoms with van der Waals surface area (Å²) in [6.45, 7) is 7.52. The van der Waals surface area contributed by atoms with Crippen LogP contribution in [0.4, 0.5) is 0 Å². The zero-order chi connectivity index (χ0) is 13.2. The fourth-order valence-corrected chi connectivity index (χ4v) is 1.95. The van der Waals surface area contributed by atoms with E-state index in [1.807, 2.05) is 0 Å². The molecule has 0 amide bonds. The Morgan fingerprint density at radius 3 is 1.00 bits per heavy atom. The molecule has 2 aliphatic rings. The average molecular weight is 276 g/mol. The van der Waals surface area contributed by atoms with E-state index >= 15 is 0 Å². The summed E-state index contributed by atoms with van der Waals surface area (Å²) in [6, 6.07) is 0. The molecule has 19 heavy (non-hydrogen) atoms. The van der Waals surface area contributed by atoms with Gasteiger partial charge in [-0.15, -0.1) is 0 Å². The van der Waals surface area contributed by atoms with E-state index < -0.39 is 0 Å². The summed E-state index contributed by atoms with van der Waals surface area (Å²) < 4.78 is 32.7. The molecule has 2 aliphatic heterocycles. The van der Waals surface area contributed by atoms with Crippen LogP contribution in [-0.4, -0.2) is 79.3 Å². The molecule has 2 saturated heterocycles. The van der Waals surface area contributed by atoms with Crippen LogP contribution < -0.4 is 0 Å². The lowest BCUT2D eigenvalue weighted by atomic mass is 9.88. The average Bonchev–Trinajstić information content (AvgIpc) is 2.37. The van der Waals surface area contributed by atoms with Crippen molar-refractivity contribution < 1.29 is 28.4 Å². The van der Waals surface area contributed by atoms with Gasteiger partial charge in [-0.3, -0.25) is 0 Å². The Morgan fingerprint density at radius 1 is 0.368 bits per heavy atom. The predicted molar refractivity (Wildman–Crippen MR) is 67.3 cm³/mol. The van der Waals surface area contributed by atoms with Crippen molar-refractivity contribution in [2.24, 2.45) is 5.41 Å². The molecule has 0 aromatic rings. The zero-order valence-electron chi connectivity index (χ0n) is 11.4. The third kappa shape index (κ3) is 5.72. The molecule has 1 spiro atoms. The summed E-state index contributed by atoms with van der Waals surface area (Å²) in [4.78, 5) is 0. The second kappa shape index (κ2) is 8.84. The molecule has 2 rings (SSSR count). The van der Waals surface area contributed by atoms with Crippen LogP contribution in [0.3, 0.4) is 0 Å². The number of rotatable bonds is 0. The standard InChI is InChI=1S/C13H24O6/c1-3-15-5-7-17-9-13(11-19-12-13)10-18-8-6-16-4-2-14-1/h1-12H2. The van der Waals surface area contributed by atoms with Gasteiger partial charge >= 0.3 is 0 Å². The second-order valence-electron chi connectivity index (χ2n) is 4.94. The lowest BCUT2D eigenvalue weighted by molar-refractivity contribution is -0.182. The molecule has 0 saturated carbocycles. The van der Waals surface area contributed by atoms with Gasteiger partial charge in [-0.2, -0.15) is 0 Å². The molecule has 6 heteroatoms. The zero-order valence-corrected chi connectivity index (χ0v) is 11.4. The van der Waals surface area contributed by atoms with Crippen LogP contribution in [0.1, 0.15) is 0 Å². The van der Waals surface area contributed by atoms with Gasteiger partial charge in [-0.05, 0) is 0 Å². The topological polar surface area (TPSA) is 55.4 Å². The summed E-state index contributed by atoms with van der Waals surface area (Å²) in [5, 5.41) is 0. The van der Waals surface area contributed by atoms with Gasteiger partial charge in [0.1, 0.15) is 0 Å². The Hall–Kier alpha value is -0.240. The molecule has 0 radical (unpaired) electrons. The fourth-order valence-electron chi connectivity index (χ4n) is 1.95. The Balaban J connectivity index is 1.67. The molecule has 0 aliphatic carbocycles. The highest BCUT2D eigenvalue weighted by molar-refractivity contribution is 4.85. The maximum absolute atomic E-state index is 5.64. The summed E-state index contributed by atoms with van der Waals surface area (Å²) in [6.07, 6.45) is 0. The molecule has 0 N–H and O–H groups in total. The maximum Gasteiger partial charge on any atom is 0.0701 e. The normalized spacial score (nSPS) is 27.8. The van der Waals surface area contributed by atoms with E-state index in [1.165, 1.54) is 0 Å². The first-order valence-electron chi connectivity index (χ1n) is 6.88. The lowest BCUT2D eigenvalue weighted by Gasteiger charge is -2.40. The van der Waals surface area contributed by atoms with Gasteiger partial charge in [-0.1, -0.05) is 0 Å². The van der Waals surface area contributed by atoms with Crippen molar-refractivity contribution in [1.82, 2.24) is 0 Å². The molecule has 6 nitrogen and oxygen atoms in total. The first-order chi connectivity index (χ1) is 9.41.